The topological polar surface area (TPSA) is 42.0 Å². The molecule has 1 aliphatic heterocycles. The smallest absolute Gasteiger partial charge is 0.339 e. The first kappa shape index (κ1) is 12.6. The predicted molar refractivity (Wildman–Crippen MR) is 66.0 cm³/mol. The van der Waals surface area contributed by atoms with Crippen LogP contribution in [0.15, 0.2) is 42.1 Å². The summed E-state index contributed by atoms with van der Waals surface area (Å²) >= 11 is 0. The lowest BCUT2D eigenvalue weighted by atomic mass is 10.2. The molecule has 18 heavy (non-hydrogen) atoms. The van der Waals surface area contributed by atoms with Gasteiger partial charge in [-0.1, -0.05) is 18.2 Å². The van der Waals surface area contributed by atoms with Crippen LogP contribution in [0.5, 0.6) is 0 Å². The molecule has 1 aliphatic rings. The highest BCUT2D eigenvalue weighted by Crippen LogP contribution is 2.21. The number of nitrogens with zero attached hydrogens (tertiary/aromatic N) is 2. The van der Waals surface area contributed by atoms with Gasteiger partial charge in [-0.05, 0) is 25.1 Å². The molecule has 5 nitrogen and oxygen atoms in total. The molecule has 1 heterocycles. The molecule has 1 atom stereocenters. The summed E-state index contributed by atoms with van der Waals surface area (Å²) in [6.45, 7) is 1.89. The maximum Gasteiger partial charge on any atom is 0.339 e. The molecule has 96 valence electrons. The molecule has 0 N–H and O–H groups in total. The number of hydrazine groups is 1. The number of carbonyl (C=O) groups is 1. The first-order valence-corrected chi connectivity index (χ1v) is 5.65. The van der Waals surface area contributed by atoms with E-state index in [1.807, 2.05) is 19.1 Å². The fourth-order valence-electron chi connectivity index (χ4n) is 1.87. The van der Waals surface area contributed by atoms with Crippen LogP contribution >= 0.6 is 0 Å². The van der Waals surface area contributed by atoms with E-state index < -0.39 is 6.23 Å². The second-order valence-electron chi connectivity index (χ2n) is 4.00. The highest BCUT2D eigenvalue weighted by Gasteiger charge is 2.30. The summed E-state index contributed by atoms with van der Waals surface area (Å²) in [4.78, 5) is 17.1. The molecular formula is C13H16N2O3. The number of benzene rings is 1. The Labute approximate surface area is 106 Å². The van der Waals surface area contributed by atoms with Crippen LogP contribution in [0.2, 0.25) is 0 Å². The first-order valence-electron chi connectivity index (χ1n) is 5.65. The summed E-state index contributed by atoms with van der Waals surface area (Å²) in [5.74, 6) is -0.352. The van der Waals surface area contributed by atoms with E-state index in [9.17, 15) is 4.79 Å². The largest absolute Gasteiger partial charge is 0.437 e. The number of likely N-dealkylation sites (N-methyl/N-ethyl adjacent to an activating group) is 1. The SMILES string of the molecule is CON1C(C)=CC(OC(=O)c2ccccc2)N1C. The lowest BCUT2D eigenvalue weighted by molar-refractivity contribution is -0.249. The van der Waals surface area contributed by atoms with Gasteiger partial charge in [0, 0.05) is 7.05 Å². The number of rotatable bonds is 3. The number of hydrogen-bond acceptors (Lipinski definition) is 5. The maximum absolute atomic E-state index is 11.9. The van der Waals surface area contributed by atoms with Crippen LogP contribution in [0.4, 0.5) is 0 Å². The van der Waals surface area contributed by atoms with Gasteiger partial charge in [-0.2, -0.15) is 10.2 Å². The van der Waals surface area contributed by atoms with Crippen molar-refractivity contribution in [3.8, 4) is 0 Å². The van der Waals surface area contributed by atoms with Crippen LogP contribution in [-0.2, 0) is 9.57 Å². The molecular weight excluding hydrogens is 232 g/mol. The molecule has 0 aliphatic carbocycles. The van der Waals surface area contributed by atoms with Crippen molar-refractivity contribution in [2.45, 2.75) is 13.2 Å². The Morgan fingerprint density at radius 1 is 1.28 bits per heavy atom. The van der Waals surface area contributed by atoms with Gasteiger partial charge in [0.1, 0.15) is 0 Å². The highest BCUT2D eigenvalue weighted by atomic mass is 16.7. The van der Waals surface area contributed by atoms with Gasteiger partial charge in [-0.25, -0.2) is 4.79 Å². The molecule has 0 spiro atoms. The summed E-state index contributed by atoms with van der Waals surface area (Å²) in [5.41, 5.74) is 1.42. The molecule has 0 radical (unpaired) electrons. The molecule has 2 rings (SSSR count). The zero-order chi connectivity index (χ0) is 13.1. The van der Waals surface area contributed by atoms with E-state index in [0.717, 1.165) is 5.70 Å². The molecule has 1 aromatic carbocycles. The van der Waals surface area contributed by atoms with E-state index in [4.69, 9.17) is 9.57 Å². The molecule has 0 saturated carbocycles. The van der Waals surface area contributed by atoms with Gasteiger partial charge in [-0.15, -0.1) is 0 Å². The summed E-state index contributed by atoms with van der Waals surface area (Å²) in [5, 5.41) is 3.28. The lowest BCUT2D eigenvalue weighted by Gasteiger charge is -2.28. The number of allylic oxidation sites excluding steroid dienone is 1. The third kappa shape index (κ3) is 2.37. The lowest BCUT2D eigenvalue weighted by Crippen LogP contribution is -2.40. The average molecular weight is 248 g/mol. The Morgan fingerprint density at radius 2 is 1.94 bits per heavy atom. The van der Waals surface area contributed by atoms with Crippen molar-refractivity contribution in [1.29, 1.82) is 0 Å². The first-order chi connectivity index (χ1) is 8.63. The second-order valence-corrected chi connectivity index (χ2v) is 4.00. The van der Waals surface area contributed by atoms with Gasteiger partial charge in [-0.3, -0.25) is 4.84 Å². The number of hydroxylamine groups is 1. The van der Waals surface area contributed by atoms with Gasteiger partial charge in [0.15, 0.2) is 6.23 Å². The minimum atomic E-state index is -0.447. The van der Waals surface area contributed by atoms with Crippen molar-refractivity contribution in [2.75, 3.05) is 14.2 Å². The van der Waals surface area contributed by atoms with Crippen LogP contribution in [-0.4, -0.2) is 36.5 Å². The van der Waals surface area contributed by atoms with Crippen LogP contribution in [0, 0.1) is 0 Å². The Morgan fingerprint density at radius 3 is 2.50 bits per heavy atom. The standard InChI is InChI=1S/C13H16N2O3/c1-10-9-12(14(2)15(10)17-3)18-13(16)11-7-5-4-6-8-11/h4-9,12H,1-3H3. The van der Waals surface area contributed by atoms with Crippen LogP contribution in [0.25, 0.3) is 0 Å². The molecule has 0 fully saturated rings. The Hall–Kier alpha value is -1.85. The fourth-order valence-corrected chi connectivity index (χ4v) is 1.87. The average Bonchev–Trinajstić information content (AvgIpc) is 2.65. The van der Waals surface area contributed by atoms with Gasteiger partial charge >= 0.3 is 5.97 Å². The molecule has 1 unspecified atom stereocenters. The third-order valence-corrected chi connectivity index (χ3v) is 2.75. The summed E-state index contributed by atoms with van der Waals surface area (Å²) in [6.07, 6.45) is 1.38. The van der Waals surface area contributed by atoms with Crippen molar-refractivity contribution in [3.63, 3.8) is 0 Å². The molecule has 0 aromatic heterocycles. The van der Waals surface area contributed by atoms with Crippen molar-refractivity contribution >= 4 is 5.97 Å². The number of hydrogen-bond donors (Lipinski definition) is 0. The van der Waals surface area contributed by atoms with Crippen LogP contribution in [0.3, 0.4) is 0 Å². The van der Waals surface area contributed by atoms with E-state index in [1.54, 1.807) is 48.6 Å². The summed E-state index contributed by atoms with van der Waals surface area (Å²) in [6, 6.07) is 8.91. The van der Waals surface area contributed by atoms with E-state index in [-0.39, 0.29) is 5.97 Å². The van der Waals surface area contributed by atoms with E-state index in [2.05, 4.69) is 0 Å². The molecule has 5 heteroatoms. The van der Waals surface area contributed by atoms with Crippen molar-refractivity contribution in [1.82, 2.24) is 10.2 Å². The van der Waals surface area contributed by atoms with E-state index in [0.29, 0.717) is 5.56 Å². The zero-order valence-corrected chi connectivity index (χ0v) is 10.7. The predicted octanol–water partition coefficient (Wildman–Crippen LogP) is 1.80. The van der Waals surface area contributed by atoms with E-state index in [1.165, 1.54) is 0 Å². The van der Waals surface area contributed by atoms with Crippen molar-refractivity contribution in [2.24, 2.45) is 0 Å². The summed E-state index contributed by atoms with van der Waals surface area (Å²) in [7, 11) is 3.36. The Kier molecular flexibility index (Phi) is 3.64. The van der Waals surface area contributed by atoms with Crippen LogP contribution in [0.1, 0.15) is 17.3 Å². The second kappa shape index (κ2) is 5.20. The monoisotopic (exact) mass is 248 g/mol. The molecule has 0 saturated heterocycles. The minimum Gasteiger partial charge on any atom is -0.437 e. The number of carbonyl (C=O) groups excluding carboxylic acids is 1. The van der Waals surface area contributed by atoms with Gasteiger partial charge in [0.05, 0.1) is 18.4 Å². The van der Waals surface area contributed by atoms with Crippen molar-refractivity contribution in [3.05, 3.63) is 47.7 Å². The van der Waals surface area contributed by atoms with Gasteiger partial charge < -0.3 is 4.74 Å². The summed E-state index contributed by atoms with van der Waals surface area (Å²) < 4.78 is 5.40. The molecule has 1 aromatic rings. The van der Waals surface area contributed by atoms with E-state index >= 15 is 0 Å². The fraction of sp³-hybridized carbons (Fsp3) is 0.308. The quantitative estimate of drug-likeness (QED) is 0.763. The zero-order valence-electron chi connectivity index (χ0n) is 10.7. The molecule has 0 bridgehead atoms. The number of esters is 1. The van der Waals surface area contributed by atoms with Gasteiger partial charge in [0.25, 0.3) is 0 Å². The normalized spacial score (nSPS) is 19.8. The molecule has 0 amide bonds. The highest BCUT2D eigenvalue weighted by molar-refractivity contribution is 5.89. The Bertz CT molecular complexity index is 459. The van der Waals surface area contributed by atoms with Crippen LogP contribution < -0.4 is 0 Å². The van der Waals surface area contributed by atoms with Crippen molar-refractivity contribution < 1.29 is 14.4 Å². The maximum atomic E-state index is 11.9. The third-order valence-electron chi connectivity index (χ3n) is 2.75. The Balaban J connectivity index is 2.05. The minimum absolute atomic E-state index is 0.352. The van der Waals surface area contributed by atoms with Gasteiger partial charge in [0.2, 0.25) is 0 Å². The number of ether oxygens (including phenoxy) is 1.